The highest BCUT2D eigenvalue weighted by molar-refractivity contribution is 6.23. The molecule has 180 valence electrons. The highest BCUT2D eigenvalue weighted by atomic mass is 35.5. The van der Waals surface area contributed by atoms with Crippen LogP contribution in [0.5, 0.6) is 0 Å². The first-order valence-electron chi connectivity index (χ1n) is 11.5. The van der Waals surface area contributed by atoms with Crippen LogP contribution in [0.4, 0.5) is 13.2 Å². The zero-order valence-electron chi connectivity index (χ0n) is 18.2. The Labute approximate surface area is 194 Å². The number of piperazine rings is 1. The molecule has 4 aliphatic heterocycles. The number of hydrogen-bond acceptors (Lipinski definition) is 5. The van der Waals surface area contributed by atoms with E-state index in [0.29, 0.717) is 18.7 Å². The Bertz CT molecular complexity index is 942. The topological polar surface area (TPSA) is 59.6 Å². The number of carbonyl (C=O) groups is 2. The third-order valence-corrected chi connectivity index (χ3v) is 8.36. The lowest BCUT2D eigenvalue weighted by Crippen LogP contribution is -2.59. The van der Waals surface area contributed by atoms with E-state index in [4.69, 9.17) is 16.3 Å². The molecule has 6 aliphatic rings. The molecule has 5 unspecified atom stereocenters. The number of halogens is 4. The van der Waals surface area contributed by atoms with Crippen LogP contribution in [0.1, 0.15) is 25.7 Å². The summed E-state index contributed by atoms with van der Waals surface area (Å²) in [5, 5.41) is 1.55. The van der Waals surface area contributed by atoms with Crippen molar-refractivity contribution in [2.24, 2.45) is 5.92 Å². The molecule has 4 heterocycles. The highest BCUT2D eigenvalue weighted by Gasteiger charge is 2.56. The number of epoxide rings is 1. The molecular formula is C22H26ClF3N4O3. The summed E-state index contributed by atoms with van der Waals surface area (Å²) in [7, 11) is 1.47. The summed E-state index contributed by atoms with van der Waals surface area (Å²) in [5.41, 5.74) is -0.138. The molecule has 6 rings (SSSR count). The van der Waals surface area contributed by atoms with Gasteiger partial charge in [-0.05, 0) is 43.3 Å². The van der Waals surface area contributed by atoms with E-state index in [1.807, 2.05) is 4.90 Å². The number of nitrogens with zero attached hydrogens (tertiary/aromatic N) is 4. The molecular weight excluding hydrogens is 461 g/mol. The van der Waals surface area contributed by atoms with E-state index in [9.17, 15) is 22.8 Å². The van der Waals surface area contributed by atoms with Crippen molar-refractivity contribution < 1.29 is 27.5 Å². The fraction of sp³-hybridized carbons (Fsp3) is 0.727. The lowest BCUT2D eigenvalue weighted by molar-refractivity contribution is -0.155. The van der Waals surface area contributed by atoms with Crippen molar-refractivity contribution in [3.05, 3.63) is 23.4 Å². The van der Waals surface area contributed by atoms with Gasteiger partial charge in [-0.1, -0.05) is 6.08 Å². The molecule has 0 aromatic rings. The molecule has 5 fully saturated rings. The summed E-state index contributed by atoms with van der Waals surface area (Å²) >= 11 is 6.68. The van der Waals surface area contributed by atoms with Gasteiger partial charge >= 0.3 is 6.18 Å². The van der Waals surface area contributed by atoms with Crippen molar-refractivity contribution in [3.8, 4) is 0 Å². The van der Waals surface area contributed by atoms with Crippen LogP contribution in [0, 0.1) is 5.92 Å². The second-order valence-corrected chi connectivity index (χ2v) is 10.5. The number of ether oxygens (including phenoxy) is 1. The van der Waals surface area contributed by atoms with Crippen molar-refractivity contribution in [2.75, 3.05) is 26.7 Å². The molecule has 11 heteroatoms. The zero-order valence-corrected chi connectivity index (χ0v) is 18.9. The molecule has 0 aromatic heterocycles. The Morgan fingerprint density at radius 1 is 1.18 bits per heavy atom. The SMILES string of the molecule is CN1C(C(=O)N2CCN(C3CC4OC4C3)C(=O)C2)C(Cl)C2C=C(C3CC3)C=C(C(F)(F)F)N21. The van der Waals surface area contributed by atoms with Crippen LogP contribution in [0.15, 0.2) is 23.4 Å². The first kappa shape index (κ1) is 21.7. The van der Waals surface area contributed by atoms with Crippen LogP contribution in [-0.4, -0.2) is 100 Å². The minimum Gasteiger partial charge on any atom is -0.369 e. The van der Waals surface area contributed by atoms with Crippen LogP contribution in [0.2, 0.25) is 0 Å². The Hall–Kier alpha value is -1.78. The average molecular weight is 487 g/mol. The van der Waals surface area contributed by atoms with E-state index < -0.39 is 35.2 Å². The number of hydrogen-bond donors (Lipinski definition) is 0. The molecule has 0 spiro atoms. The summed E-state index contributed by atoms with van der Waals surface area (Å²) in [6.45, 7) is 0.695. The molecule has 0 aromatic carbocycles. The largest absolute Gasteiger partial charge is 0.432 e. The third kappa shape index (κ3) is 3.56. The van der Waals surface area contributed by atoms with Crippen LogP contribution in [0.3, 0.4) is 0 Å². The molecule has 0 N–H and O–H groups in total. The quantitative estimate of drug-likeness (QED) is 0.450. The van der Waals surface area contributed by atoms with Gasteiger partial charge in [-0.2, -0.15) is 13.2 Å². The first-order chi connectivity index (χ1) is 15.6. The second-order valence-electron chi connectivity index (χ2n) is 9.95. The molecule has 0 bridgehead atoms. The van der Waals surface area contributed by atoms with Gasteiger partial charge in [0.05, 0.1) is 30.2 Å². The molecule has 2 amide bonds. The molecule has 0 radical (unpaired) electrons. The van der Waals surface area contributed by atoms with E-state index in [0.717, 1.165) is 30.7 Å². The number of alkyl halides is 4. The summed E-state index contributed by atoms with van der Waals surface area (Å²) in [4.78, 5) is 29.5. The van der Waals surface area contributed by atoms with E-state index >= 15 is 0 Å². The maximum atomic E-state index is 13.9. The van der Waals surface area contributed by atoms with Gasteiger partial charge < -0.3 is 14.5 Å². The monoisotopic (exact) mass is 486 g/mol. The Morgan fingerprint density at radius 2 is 1.88 bits per heavy atom. The summed E-state index contributed by atoms with van der Waals surface area (Å²) in [6.07, 6.45) is 2.32. The number of carbonyl (C=O) groups excluding carboxylic acids is 2. The van der Waals surface area contributed by atoms with E-state index in [2.05, 4.69) is 0 Å². The van der Waals surface area contributed by atoms with Crippen LogP contribution in [-0.2, 0) is 14.3 Å². The first-order valence-corrected chi connectivity index (χ1v) is 12.0. The van der Waals surface area contributed by atoms with E-state index in [1.54, 1.807) is 6.08 Å². The number of fused-ring (bicyclic) bond motifs is 2. The summed E-state index contributed by atoms with van der Waals surface area (Å²) < 4.78 is 47.2. The Morgan fingerprint density at radius 3 is 2.48 bits per heavy atom. The minimum atomic E-state index is -4.57. The van der Waals surface area contributed by atoms with Gasteiger partial charge in [-0.3, -0.25) is 14.6 Å². The van der Waals surface area contributed by atoms with Crippen molar-refractivity contribution in [1.29, 1.82) is 0 Å². The molecule has 33 heavy (non-hydrogen) atoms. The summed E-state index contributed by atoms with van der Waals surface area (Å²) in [6, 6.07) is -1.60. The van der Waals surface area contributed by atoms with E-state index in [1.165, 1.54) is 23.0 Å². The van der Waals surface area contributed by atoms with Gasteiger partial charge in [0.25, 0.3) is 0 Å². The van der Waals surface area contributed by atoms with Gasteiger partial charge in [0.2, 0.25) is 11.8 Å². The maximum Gasteiger partial charge on any atom is 0.432 e. The summed E-state index contributed by atoms with van der Waals surface area (Å²) in [5.74, 6) is -0.399. The Balaban J connectivity index is 1.20. The Kier molecular flexibility index (Phi) is 4.85. The minimum absolute atomic E-state index is 0.0741. The molecule has 5 atom stereocenters. The van der Waals surface area contributed by atoms with Crippen LogP contribution >= 0.6 is 11.6 Å². The van der Waals surface area contributed by atoms with Crippen molar-refractivity contribution in [3.63, 3.8) is 0 Å². The normalized spacial score (nSPS) is 38.8. The predicted molar refractivity (Wildman–Crippen MR) is 112 cm³/mol. The van der Waals surface area contributed by atoms with Crippen molar-refractivity contribution in [2.45, 2.75) is 67.6 Å². The predicted octanol–water partition coefficient (Wildman–Crippen LogP) is 1.89. The van der Waals surface area contributed by atoms with Gasteiger partial charge in [-0.15, -0.1) is 11.6 Å². The van der Waals surface area contributed by atoms with Crippen molar-refractivity contribution >= 4 is 23.4 Å². The fourth-order valence-corrected chi connectivity index (χ4v) is 6.39. The van der Waals surface area contributed by atoms with Gasteiger partial charge in [0.1, 0.15) is 11.7 Å². The number of allylic oxidation sites excluding steroid dienone is 3. The maximum absolute atomic E-state index is 13.9. The second kappa shape index (κ2) is 7.36. The lowest BCUT2D eigenvalue weighted by atomic mass is 9.98. The highest BCUT2D eigenvalue weighted by Crippen LogP contribution is 2.47. The third-order valence-electron chi connectivity index (χ3n) is 7.86. The van der Waals surface area contributed by atoms with Gasteiger partial charge in [0.15, 0.2) is 0 Å². The van der Waals surface area contributed by atoms with Crippen LogP contribution < -0.4 is 0 Å². The number of likely N-dealkylation sites (N-methyl/N-ethyl adjacent to an activating group) is 1. The average Bonchev–Trinajstić information content (AvgIpc) is 3.69. The molecule has 2 saturated carbocycles. The zero-order chi connectivity index (χ0) is 23.2. The number of amides is 2. The molecule has 7 nitrogen and oxygen atoms in total. The smallest absolute Gasteiger partial charge is 0.369 e. The molecule has 2 aliphatic carbocycles. The number of hydrazine groups is 1. The standard InChI is InChI=1S/C22H26ClF3N4O3/c1-27-20(19(23)14-6-12(11-2-3-11)7-17(30(14)27)22(24,25)26)21(32)28-4-5-29(18(31)10-28)13-8-15-16(9-13)33-15/h6-7,11,13-16,19-20H,2-5,8-10H2,1H3. The fourth-order valence-electron chi connectivity index (χ4n) is 5.94. The van der Waals surface area contributed by atoms with Gasteiger partial charge in [0, 0.05) is 26.2 Å². The molecule has 3 saturated heterocycles. The van der Waals surface area contributed by atoms with Crippen molar-refractivity contribution in [1.82, 2.24) is 19.8 Å². The number of rotatable bonds is 3. The lowest BCUT2D eigenvalue weighted by Gasteiger charge is -2.40. The van der Waals surface area contributed by atoms with E-state index in [-0.39, 0.29) is 36.6 Å². The van der Waals surface area contributed by atoms with Gasteiger partial charge in [-0.25, -0.2) is 5.01 Å². The van der Waals surface area contributed by atoms with Crippen LogP contribution in [0.25, 0.3) is 0 Å².